The Morgan fingerprint density at radius 2 is 1.83 bits per heavy atom. The molecule has 6 heteroatoms. The first-order chi connectivity index (χ1) is 8.58. The third-order valence-electron chi connectivity index (χ3n) is 1.76. The molecule has 0 rings (SSSR count). The Hall–Kier alpha value is -0.360. The summed E-state index contributed by atoms with van der Waals surface area (Å²) < 4.78 is 4.72. The Morgan fingerprint density at radius 1 is 1.22 bits per heavy atom. The highest BCUT2D eigenvalue weighted by molar-refractivity contribution is 7.99. The number of thiol groups is 1. The summed E-state index contributed by atoms with van der Waals surface area (Å²) in [6, 6.07) is 0. The van der Waals surface area contributed by atoms with Crippen LogP contribution in [0, 0.1) is 0 Å². The molecular weight excluding hydrogens is 272 g/mol. The molecule has 0 atom stereocenters. The molecule has 0 aromatic rings. The minimum atomic E-state index is -0.712. The molecule has 0 aliphatic carbocycles. The number of carbonyl (C=O) groups excluding carboxylic acids is 1. The second-order valence-corrected chi connectivity index (χ2v) is 4.95. The highest BCUT2D eigenvalue weighted by atomic mass is 32.2. The van der Waals surface area contributed by atoms with Gasteiger partial charge in [-0.1, -0.05) is 26.7 Å². The van der Waals surface area contributed by atoms with Crippen LogP contribution >= 0.6 is 24.4 Å². The van der Waals surface area contributed by atoms with Crippen LogP contribution in [0.5, 0.6) is 0 Å². The van der Waals surface area contributed by atoms with E-state index in [0.29, 0.717) is 6.61 Å². The third-order valence-corrected chi connectivity index (χ3v) is 3.04. The van der Waals surface area contributed by atoms with Gasteiger partial charge >= 0.3 is 11.9 Å². The maximum atomic E-state index is 10.4. The molecular formula is C12H24O4S2. The molecule has 4 nitrogen and oxygen atoms in total. The van der Waals surface area contributed by atoms with Crippen molar-refractivity contribution in [1.29, 1.82) is 0 Å². The lowest BCUT2D eigenvalue weighted by Gasteiger charge is -1.98. The molecule has 0 fully saturated rings. The number of carboxylic acid groups (broad SMARTS) is 1. The first kappa shape index (κ1) is 20.0. The van der Waals surface area contributed by atoms with E-state index in [0.717, 1.165) is 31.4 Å². The van der Waals surface area contributed by atoms with Crippen LogP contribution in [-0.2, 0) is 14.3 Å². The summed E-state index contributed by atoms with van der Waals surface area (Å²) in [5.74, 6) is 0.467. The average molecular weight is 296 g/mol. The van der Waals surface area contributed by atoms with Gasteiger partial charge in [-0.3, -0.25) is 9.59 Å². The molecule has 0 aliphatic heterocycles. The lowest BCUT2D eigenvalue weighted by Crippen LogP contribution is -2.06. The largest absolute Gasteiger partial charge is 0.481 e. The van der Waals surface area contributed by atoms with Crippen LogP contribution in [0.4, 0.5) is 0 Å². The molecule has 0 saturated heterocycles. The molecule has 0 spiro atoms. The summed E-state index contributed by atoms with van der Waals surface area (Å²) in [5, 5.41) is 8.19. The second kappa shape index (κ2) is 16.6. The van der Waals surface area contributed by atoms with Crippen LogP contribution in [0.3, 0.4) is 0 Å². The van der Waals surface area contributed by atoms with Gasteiger partial charge in [0.05, 0.1) is 18.1 Å². The van der Waals surface area contributed by atoms with E-state index in [1.54, 1.807) is 0 Å². The van der Waals surface area contributed by atoms with Gasteiger partial charge in [-0.15, -0.1) is 0 Å². The fraction of sp³-hybridized carbons (Fsp3) is 0.833. The number of esters is 1. The summed E-state index contributed by atoms with van der Waals surface area (Å²) in [5.41, 5.74) is 0. The molecule has 18 heavy (non-hydrogen) atoms. The van der Waals surface area contributed by atoms with Gasteiger partial charge in [-0.05, 0) is 18.6 Å². The number of ether oxygens (including phenoxy) is 1. The van der Waals surface area contributed by atoms with Crippen molar-refractivity contribution < 1.29 is 19.4 Å². The zero-order chi connectivity index (χ0) is 14.2. The van der Waals surface area contributed by atoms with Gasteiger partial charge in [-0.25, -0.2) is 0 Å². The molecule has 0 saturated carbocycles. The van der Waals surface area contributed by atoms with Crippen molar-refractivity contribution in [2.75, 3.05) is 23.9 Å². The zero-order valence-corrected chi connectivity index (χ0v) is 12.9. The summed E-state index contributed by atoms with van der Waals surface area (Å²) >= 11 is 5.23. The van der Waals surface area contributed by atoms with E-state index in [4.69, 9.17) is 9.84 Å². The van der Waals surface area contributed by atoms with Gasteiger partial charge in [0.15, 0.2) is 0 Å². The van der Waals surface area contributed by atoms with Crippen molar-refractivity contribution in [1.82, 2.24) is 0 Å². The van der Waals surface area contributed by atoms with Crippen molar-refractivity contribution >= 4 is 36.3 Å². The summed E-state index contributed by atoms with van der Waals surface area (Å²) in [6.45, 7) is 4.69. The number of hydrogen-bond acceptors (Lipinski definition) is 5. The minimum absolute atomic E-state index is 0.184. The average Bonchev–Trinajstić information content (AvgIpc) is 2.35. The highest BCUT2D eigenvalue weighted by Gasteiger charge is 1.95. The molecule has 0 aromatic heterocycles. The van der Waals surface area contributed by atoms with Gasteiger partial charge in [0.1, 0.15) is 0 Å². The number of hydrogen-bond donors (Lipinski definition) is 2. The van der Waals surface area contributed by atoms with Crippen LogP contribution in [0.25, 0.3) is 0 Å². The standard InChI is InChI=1S/2C6H12O2S/c1-2-3-4-9-5-6(7)8;1-2-3-4-8-6(7)5-9/h2-5H2,1H3,(H,7,8);9H,2-5H2,1H3. The Kier molecular flexibility index (Phi) is 18.5. The van der Waals surface area contributed by atoms with Crippen molar-refractivity contribution in [3.63, 3.8) is 0 Å². The summed E-state index contributed by atoms with van der Waals surface area (Å²) in [6.07, 6.45) is 4.27. The van der Waals surface area contributed by atoms with Gasteiger partial charge in [0, 0.05) is 0 Å². The predicted molar refractivity (Wildman–Crippen MR) is 79.6 cm³/mol. The molecule has 0 aromatic carbocycles. The van der Waals surface area contributed by atoms with Gasteiger partial charge in [-0.2, -0.15) is 24.4 Å². The van der Waals surface area contributed by atoms with Gasteiger partial charge in [0.2, 0.25) is 0 Å². The molecule has 108 valence electrons. The topological polar surface area (TPSA) is 63.6 Å². The normalized spacial score (nSPS) is 9.28. The van der Waals surface area contributed by atoms with E-state index >= 15 is 0 Å². The molecule has 0 amide bonds. The molecule has 0 unspecified atom stereocenters. The van der Waals surface area contributed by atoms with E-state index in [1.165, 1.54) is 11.8 Å². The number of carbonyl (C=O) groups is 2. The Bertz CT molecular complexity index is 210. The molecule has 0 aliphatic rings. The minimum Gasteiger partial charge on any atom is -0.481 e. The number of thioether (sulfide) groups is 1. The van der Waals surface area contributed by atoms with Crippen molar-refractivity contribution in [2.45, 2.75) is 39.5 Å². The van der Waals surface area contributed by atoms with Crippen LogP contribution in [0.2, 0.25) is 0 Å². The maximum absolute atomic E-state index is 10.4. The first-order valence-electron chi connectivity index (χ1n) is 6.14. The Labute approximate surface area is 119 Å². The van der Waals surface area contributed by atoms with Gasteiger partial charge < -0.3 is 9.84 Å². The monoisotopic (exact) mass is 296 g/mol. The van der Waals surface area contributed by atoms with Crippen molar-refractivity contribution in [2.24, 2.45) is 0 Å². The number of aliphatic carboxylic acids is 1. The number of carboxylic acids is 1. The van der Waals surface area contributed by atoms with E-state index < -0.39 is 5.97 Å². The number of unbranched alkanes of at least 4 members (excludes halogenated alkanes) is 2. The Balaban J connectivity index is 0. The number of rotatable bonds is 9. The lowest BCUT2D eigenvalue weighted by molar-refractivity contribution is -0.140. The summed E-state index contributed by atoms with van der Waals surface area (Å²) in [7, 11) is 0. The molecule has 0 heterocycles. The van der Waals surface area contributed by atoms with E-state index in [1.807, 2.05) is 0 Å². The zero-order valence-electron chi connectivity index (χ0n) is 11.2. The smallest absolute Gasteiger partial charge is 0.315 e. The molecule has 0 radical (unpaired) electrons. The van der Waals surface area contributed by atoms with Crippen LogP contribution in [0.1, 0.15) is 39.5 Å². The highest BCUT2D eigenvalue weighted by Crippen LogP contribution is 2.02. The van der Waals surface area contributed by atoms with Crippen molar-refractivity contribution in [3.8, 4) is 0 Å². The SMILES string of the molecule is CCCCOC(=O)CS.CCCCSCC(=O)O. The fourth-order valence-electron chi connectivity index (χ4n) is 0.782. The first-order valence-corrected chi connectivity index (χ1v) is 7.93. The lowest BCUT2D eigenvalue weighted by atomic mass is 10.4. The third kappa shape index (κ3) is 21.0. The maximum Gasteiger partial charge on any atom is 0.315 e. The van der Waals surface area contributed by atoms with E-state index in [9.17, 15) is 9.59 Å². The van der Waals surface area contributed by atoms with Crippen molar-refractivity contribution in [3.05, 3.63) is 0 Å². The van der Waals surface area contributed by atoms with E-state index in [2.05, 4.69) is 26.5 Å². The summed E-state index contributed by atoms with van der Waals surface area (Å²) in [4.78, 5) is 20.3. The van der Waals surface area contributed by atoms with Crippen LogP contribution in [0.15, 0.2) is 0 Å². The fourth-order valence-corrected chi connectivity index (χ4v) is 1.68. The molecule has 1 N–H and O–H groups in total. The predicted octanol–water partition coefficient (Wildman–Crippen LogP) is 2.86. The van der Waals surface area contributed by atoms with E-state index in [-0.39, 0.29) is 17.5 Å². The quantitative estimate of drug-likeness (QED) is 0.389. The Morgan fingerprint density at radius 3 is 2.28 bits per heavy atom. The van der Waals surface area contributed by atoms with Crippen LogP contribution < -0.4 is 0 Å². The van der Waals surface area contributed by atoms with Gasteiger partial charge in [0.25, 0.3) is 0 Å². The van der Waals surface area contributed by atoms with Crippen LogP contribution in [-0.4, -0.2) is 40.9 Å². The molecule has 0 bridgehead atoms. The second-order valence-electron chi connectivity index (χ2n) is 3.53.